The molecule has 1 aromatic carbocycles. The van der Waals surface area contributed by atoms with E-state index in [0.29, 0.717) is 25.1 Å². The molecule has 0 radical (unpaired) electrons. The summed E-state index contributed by atoms with van der Waals surface area (Å²) in [5.41, 5.74) is 0.597. The number of halogens is 1. The van der Waals surface area contributed by atoms with Crippen molar-refractivity contribution in [1.82, 2.24) is 16.0 Å². The first kappa shape index (κ1) is 16.7. The van der Waals surface area contributed by atoms with Crippen molar-refractivity contribution in [2.45, 2.75) is 12.8 Å². The van der Waals surface area contributed by atoms with Gasteiger partial charge in [0.05, 0.1) is 0 Å². The number of nitrogens with one attached hydrogen (secondary N) is 3. The Morgan fingerprint density at radius 3 is 2.60 bits per heavy atom. The van der Waals surface area contributed by atoms with Gasteiger partial charge in [-0.25, -0.2) is 0 Å². The number of rotatable bonds is 8. The zero-order valence-electron chi connectivity index (χ0n) is 11.5. The summed E-state index contributed by atoms with van der Waals surface area (Å²) in [6.45, 7) is 1.69. The van der Waals surface area contributed by atoms with Crippen molar-refractivity contribution in [2.75, 3.05) is 26.7 Å². The minimum atomic E-state index is -0.143. The molecule has 0 saturated heterocycles. The molecule has 1 rings (SSSR count). The van der Waals surface area contributed by atoms with E-state index in [0.717, 1.165) is 17.4 Å². The zero-order valence-corrected chi connectivity index (χ0v) is 13.1. The number of carbonyl (C=O) groups excluding carboxylic acids is 2. The van der Waals surface area contributed by atoms with Gasteiger partial charge in [-0.3, -0.25) is 9.59 Å². The molecule has 0 aliphatic carbocycles. The van der Waals surface area contributed by atoms with E-state index in [1.807, 2.05) is 19.2 Å². The van der Waals surface area contributed by atoms with Crippen molar-refractivity contribution in [3.05, 3.63) is 34.3 Å². The summed E-state index contributed by atoms with van der Waals surface area (Å²) < 4.78 is 0.864. The number of hydrogen-bond acceptors (Lipinski definition) is 3. The fraction of sp³-hybridized carbons (Fsp3) is 0.429. The lowest BCUT2D eigenvalue weighted by atomic mass is 10.2. The van der Waals surface area contributed by atoms with Crippen molar-refractivity contribution < 1.29 is 9.59 Å². The van der Waals surface area contributed by atoms with Crippen LogP contribution in [0.4, 0.5) is 0 Å². The van der Waals surface area contributed by atoms with Crippen LogP contribution in [0.15, 0.2) is 28.7 Å². The average molecular weight is 342 g/mol. The Hall–Kier alpha value is -1.40. The Balaban J connectivity index is 2.18. The molecule has 0 aliphatic heterocycles. The highest BCUT2D eigenvalue weighted by Crippen LogP contribution is 2.11. The first-order valence-electron chi connectivity index (χ1n) is 6.58. The van der Waals surface area contributed by atoms with Crippen LogP contribution in [0.1, 0.15) is 23.2 Å². The molecule has 6 heteroatoms. The summed E-state index contributed by atoms with van der Waals surface area (Å²) in [4.78, 5) is 23.2. The van der Waals surface area contributed by atoms with Crippen LogP contribution in [0.5, 0.6) is 0 Å². The van der Waals surface area contributed by atoms with Gasteiger partial charge in [0.25, 0.3) is 5.91 Å². The predicted octanol–water partition coefficient (Wildman–Crippen LogP) is 1.29. The fourth-order valence-corrected chi connectivity index (χ4v) is 2.02. The standard InChI is InChI=1S/C14H20BrN3O2/c1-16-7-3-6-13(19)17-8-9-18-14(20)11-4-2-5-12(15)10-11/h2,4-5,10,16H,3,6-9H2,1H3,(H,17,19)(H,18,20). The molecule has 0 unspecified atom stereocenters. The molecule has 0 aromatic heterocycles. The van der Waals surface area contributed by atoms with E-state index in [4.69, 9.17) is 0 Å². The topological polar surface area (TPSA) is 70.2 Å². The lowest BCUT2D eigenvalue weighted by Gasteiger charge is -2.07. The van der Waals surface area contributed by atoms with Crippen LogP contribution in [0.2, 0.25) is 0 Å². The number of carbonyl (C=O) groups is 2. The Bertz CT molecular complexity index is 452. The maximum absolute atomic E-state index is 11.8. The number of benzene rings is 1. The molecule has 5 nitrogen and oxygen atoms in total. The van der Waals surface area contributed by atoms with Gasteiger partial charge in [0.2, 0.25) is 5.91 Å². The lowest BCUT2D eigenvalue weighted by molar-refractivity contribution is -0.121. The first-order chi connectivity index (χ1) is 9.63. The molecule has 0 heterocycles. The number of hydrogen-bond donors (Lipinski definition) is 3. The summed E-state index contributed by atoms with van der Waals surface area (Å²) >= 11 is 3.32. The van der Waals surface area contributed by atoms with Gasteiger partial charge in [0.15, 0.2) is 0 Å². The van der Waals surface area contributed by atoms with Crippen LogP contribution >= 0.6 is 15.9 Å². The van der Waals surface area contributed by atoms with Gasteiger partial charge in [0.1, 0.15) is 0 Å². The molecule has 1 aromatic rings. The number of amides is 2. The Kier molecular flexibility index (Phi) is 7.91. The van der Waals surface area contributed by atoms with Gasteiger partial charge in [-0.1, -0.05) is 22.0 Å². The van der Waals surface area contributed by atoms with Crippen molar-refractivity contribution in [2.24, 2.45) is 0 Å². The smallest absolute Gasteiger partial charge is 0.251 e. The van der Waals surface area contributed by atoms with Gasteiger partial charge in [-0.2, -0.15) is 0 Å². The third kappa shape index (κ3) is 6.68. The van der Waals surface area contributed by atoms with Gasteiger partial charge in [0, 0.05) is 29.5 Å². The molecule has 0 spiro atoms. The largest absolute Gasteiger partial charge is 0.354 e. The van der Waals surface area contributed by atoms with E-state index in [2.05, 4.69) is 31.9 Å². The van der Waals surface area contributed by atoms with Crippen molar-refractivity contribution >= 4 is 27.7 Å². The highest BCUT2D eigenvalue weighted by molar-refractivity contribution is 9.10. The van der Waals surface area contributed by atoms with Gasteiger partial charge < -0.3 is 16.0 Å². The lowest BCUT2D eigenvalue weighted by Crippen LogP contribution is -2.34. The van der Waals surface area contributed by atoms with E-state index < -0.39 is 0 Å². The minimum absolute atomic E-state index is 0.0111. The van der Waals surface area contributed by atoms with Crippen LogP contribution in [-0.2, 0) is 4.79 Å². The molecule has 0 saturated carbocycles. The molecule has 0 bridgehead atoms. The highest BCUT2D eigenvalue weighted by atomic mass is 79.9. The molecule has 2 amide bonds. The van der Waals surface area contributed by atoms with Crippen molar-refractivity contribution in [3.8, 4) is 0 Å². The van der Waals surface area contributed by atoms with E-state index in [1.54, 1.807) is 12.1 Å². The second kappa shape index (κ2) is 9.50. The third-order valence-corrected chi connectivity index (χ3v) is 3.14. The molecular weight excluding hydrogens is 322 g/mol. The first-order valence-corrected chi connectivity index (χ1v) is 7.38. The normalized spacial score (nSPS) is 10.1. The Labute approximate surface area is 127 Å². The quantitative estimate of drug-likeness (QED) is 0.624. The van der Waals surface area contributed by atoms with E-state index in [-0.39, 0.29) is 11.8 Å². The summed E-state index contributed by atoms with van der Waals surface area (Å²) in [5, 5.41) is 8.52. The molecule has 20 heavy (non-hydrogen) atoms. The maximum atomic E-state index is 11.8. The predicted molar refractivity (Wildman–Crippen MR) is 82.6 cm³/mol. The van der Waals surface area contributed by atoms with E-state index >= 15 is 0 Å². The van der Waals surface area contributed by atoms with Crippen LogP contribution in [-0.4, -0.2) is 38.5 Å². The highest BCUT2D eigenvalue weighted by Gasteiger charge is 2.05. The molecular formula is C14H20BrN3O2. The Morgan fingerprint density at radius 2 is 1.90 bits per heavy atom. The molecule has 0 aliphatic rings. The van der Waals surface area contributed by atoms with Crippen LogP contribution in [0.3, 0.4) is 0 Å². The third-order valence-electron chi connectivity index (χ3n) is 2.65. The van der Waals surface area contributed by atoms with Crippen molar-refractivity contribution in [1.29, 1.82) is 0 Å². The SMILES string of the molecule is CNCCCC(=O)NCCNC(=O)c1cccc(Br)c1. The van der Waals surface area contributed by atoms with Crippen molar-refractivity contribution in [3.63, 3.8) is 0 Å². The van der Waals surface area contributed by atoms with Gasteiger partial charge in [-0.05, 0) is 38.2 Å². The van der Waals surface area contributed by atoms with E-state index in [1.165, 1.54) is 0 Å². The Morgan fingerprint density at radius 1 is 1.15 bits per heavy atom. The summed E-state index contributed by atoms with van der Waals surface area (Å²) in [5.74, 6) is -0.132. The van der Waals surface area contributed by atoms with E-state index in [9.17, 15) is 9.59 Å². The van der Waals surface area contributed by atoms with Gasteiger partial charge in [-0.15, -0.1) is 0 Å². The molecule has 110 valence electrons. The monoisotopic (exact) mass is 341 g/mol. The van der Waals surface area contributed by atoms with Crippen LogP contribution < -0.4 is 16.0 Å². The molecule has 0 atom stereocenters. The summed E-state index contributed by atoms with van der Waals surface area (Å²) in [7, 11) is 1.86. The second-order valence-electron chi connectivity index (χ2n) is 4.32. The van der Waals surface area contributed by atoms with Crippen LogP contribution in [0.25, 0.3) is 0 Å². The summed E-state index contributed by atoms with van der Waals surface area (Å²) in [6.07, 6.45) is 1.31. The van der Waals surface area contributed by atoms with Crippen LogP contribution in [0, 0.1) is 0 Å². The second-order valence-corrected chi connectivity index (χ2v) is 5.24. The summed E-state index contributed by atoms with van der Waals surface area (Å²) in [6, 6.07) is 7.17. The zero-order chi connectivity index (χ0) is 14.8. The average Bonchev–Trinajstić information content (AvgIpc) is 2.43. The van der Waals surface area contributed by atoms with Gasteiger partial charge >= 0.3 is 0 Å². The molecule has 0 fully saturated rings. The maximum Gasteiger partial charge on any atom is 0.251 e. The minimum Gasteiger partial charge on any atom is -0.354 e. The molecule has 3 N–H and O–H groups in total. The fourth-order valence-electron chi connectivity index (χ4n) is 1.62.